The first-order valence-electron chi connectivity index (χ1n) is 9.89. The van der Waals surface area contributed by atoms with E-state index in [2.05, 4.69) is 14.9 Å². The van der Waals surface area contributed by atoms with E-state index >= 15 is 0 Å². The van der Waals surface area contributed by atoms with Crippen molar-refractivity contribution in [2.24, 2.45) is 0 Å². The van der Waals surface area contributed by atoms with Crippen LogP contribution in [0.2, 0.25) is 0 Å². The molecule has 0 saturated carbocycles. The zero-order valence-corrected chi connectivity index (χ0v) is 17.4. The minimum atomic E-state index is -0.00785. The largest absolute Gasteiger partial charge is 0.378 e. The van der Waals surface area contributed by atoms with Crippen LogP contribution in [-0.4, -0.2) is 87.4 Å². The predicted octanol–water partition coefficient (Wildman–Crippen LogP) is 1.34. The van der Waals surface area contributed by atoms with Crippen LogP contribution in [-0.2, 0) is 4.74 Å². The summed E-state index contributed by atoms with van der Waals surface area (Å²) in [5, 5.41) is 0. The topological polar surface area (TPSA) is 65.0 Å². The first-order valence-corrected chi connectivity index (χ1v) is 9.89. The quantitative estimate of drug-likeness (QED) is 0.773. The number of likely N-dealkylation sites (tertiary alicyclic amines) is 1. The summed E-state index contributed by atoms with van der Waals surface area (Å²) in [6, 6.07) is 9.77. The Balaban J connectivity index is 1.51. The summed E-state index contributed by atoms with van der Waals surface area (Å²) in [5.74, 6) is 1.61. The van der Waals surface area contributed by atoms with Crippen molar-refractivity contribution in [1.29, 1.82) is 0 Å². The maximum atomic E-state index is 13.1. The number of nitrogens with zero attached hydrogens (tertiary/aromatic N) is 6. The molecule has 2 aliphatic heterocycles. The molecule has 1 amide bonds. The normalized spacial score (nSPS) is 21.1. The fraction of sp³-hybridized carbons (Fsp3) is 0.476. The highest BCUT2D eigenvalue weighted by molar-refractivity contribution is 5.95. The molecule has 2 aromatic rings. The van der Waals surface area contributed by atoms with Gasteiger partial charge >= 0.3 is 0 Å². The second-order valence-corrected chi connectivity index (χ2v) is 7.93. The molecule has 154 valence electrons. The molecule has 4 rings (SSSR count). The van der Waals surface area contributed by atoms with Crippen LogP contribution in [0.5, 0.6) is 0 Å². The van der Waals surface area contributed by atoms with E-state index in [0.717, 1.165) is 18.1 Å². The van der Waals surface area contributed by atoms with E-state index < -0.39 is 0 Å². The Morgan fingerprint density at radius 1 is 1.07 bits per heavy atom. The minimum absolute atomic E-state index is 0.00785. The number of amides is 1. The molecule has 2 aliphatic rings. The highest BCUT2D eigenvalue weighted by Gasteiger charge is 2.42. The van der Waals surface area contributed by atoms with Crippen LogP contribution in [0.1, 0.15) is 10.4 Å². The second kappa shape index (κ2) is 7.87. The molecular formula is C21H28N6O2. The number of fused-ring (bicyclic) bond motifs is 1. The van der Waals surface area contributed by atoms with E-state index in [0.29, 0.717) is 31.2 Å². The molecule has 2 atom stereocenters. The highest BCUT2D eigenvalue weighted by Crippen LogP contribution is 2.28. The van der Waals surface area contributed by atoms with E-state index in [4.69, 9.17) is 4.74 Å². The van der Waals surface area contributed by atoms with Gasteiger partial charge < -0.3 is 24.3 Å². The molecule has 1 aromatic carbocycles. The molecule has 3 heterocycles. The zero-order valence-electron chi connectivity index (χ0n) is 17.4. The number of morpholine rings is 1. The lowest BCUT2D eigenvalue weighted by Crippen LogP contribution is -2.51. The Morgan fingerprint density at radius 2 is 1.83 bits per heavy atom. The third-order valence-electron chi connectivity index (χ3n) is 5.54. The van der Waals surface area contributed by atoms with Gasteiger partial charge in [0.2, 0.25) is 5.95 Å². The van der Waals surface area contributed by atoms with E-state index in [1.165, 1.54) is 0 Å². The molecule has 2 fully saturated rings. The van der Waals surface area contributed by atoms with Crippen molar-refractivity contribution in [2.75, 3.05) is 69.1 Å². The molecule has 0 aliphatic carbocycles. The van der Waals surface area contributed by atoms with Crippen LogP contribution in [0, 0.1) is 0 Å². The summed E-state index contributed by atoms with van der Waals surface area (Å²) in [5.41, 5.74) is 1.78. The van der Waals surface area contributed by atoms with Crippen LogP contribution in [0.4, 0.5) is 17.5 Å². The summed E-state index contributed by atoms with van der Waals surface area (Å²) >= 11 is 0. The standard InChI is InChI=1S/C21H28N6O2/c1-24(2)16-7-5-15(6-8-16)20(28)26-13-17-18(14-26)29-12-11-27(17)19-9-10-22-21(23-19)25(3)4/h5-10,17-18H,11-14H2,1-4H3/t17-,18+/m0/s1. The van der Waals surface area contributed by atoms with Crippen molar-refractivity contribution in [3.63, 3.8) is 0 Å². The number of hydrogen-bond donors (Lipinski definition) is 0. The number of ether oxygens (including phenoxy) is 1. The number of anilines is 3. The molecular weight excluding hydrogens is 368 g/mol. The van der Waals surface area contributed by atoms with Crippen LogP contribution >= 0.6 is 0 Å². The first kappa shape index (κ1) is 19.4. The van der Waals surface area contributed by atoms with Gasteiger partial charge in [0.05, 0.1) is 18.8 Å². The summed E-state index contributed by atoms with van der Waals surface area (Å²) in [6.45, 7) is 2.61. The number of hydrogen-bond acceptors (Lipinski definition) is 7. The van der Waals surface area contributed by atoms with Crippen molar-refractivity contribution in [3.05, 3.63) is 42.1 Å². The molecule has 29 heavy (non-hydrogen) atoms. The molecule has 0 unspecified atom stereocenters. The molecule has 0 bridgehead atoms. The van der Waals surface area contributed by atoms with Gasteiger partial charge in [-0.25, -0.2) is 4.98 Å². The third-order valence-corrected chi connectivity index (χ3v) is 5.54. The summed E-state index contributed by atoms with van der Waals surface area (Å²) < 4.78 is 6.00. The van der Waals surface area contributed by atoms with Gasteiger partial charge in [0, 0.05) is 65.3 Å². The van der Waals surface area contributed by atoms with Crippen molar-refractivity contribution in [2.45, 2.75) is 12.1 Å². The van der Waals surface area contributed by atoms with Crippen molar-refractivity contribution < 1.29 is 9.53 Å². The third kappa shape index (κ3) is 3.85. The second-order valence-electron chi connectivity index (χ2n) is 7.93. The molecule has 8 nitrogen and oxygen atoms in total. The van der Waals surface area contributed by atoms with Gasteiger partial charge in [-0.3, -0.25) is 4.79 Å². The monoisotopic (exact) mass is 396 g/mol. The average molecular weight is 396 g/mol. The van der Waals surface area contributed by atoms with Crippen molar-refractivity contribution in [1.82, 2.24) is 14.9 Å². The van der Waals surface area contributed by atoms with Gasteiger partial charge in [-0.1, -0.05) is 0 Å². The maximum Gasteiger partial charge on any atom is 0.254 e. The fourth-order valence-corrected chi connectivity index (χ4v) is 3.94. The van der Waals surface area contributed by atoms with Gasteiger partial charge in [0.1, 0.15) is 5.82 Å². The Bertz CT molecular complexity index is 870. The highest BCUT2D eigenvalue weighted by atomic mass is 16.5. The molecule has 8 heteroatoms. The molecule has 1 aromatic heterocycles. The lowest BCUT2D eigenvalue weighted by Gasteiger charge is -2.37. The maximum absolute atomic E-state index is 13.1. The minimum Gasteiger partial charge on any atom is -0.378 e. The van der Waals surface area contributed by atoms with Gasteiger partial charge in [-0.15, -0.1) is 0 Å². The predicted molar refractivity (Wildman–Crippen MR) is 114 cm³/mol. The summed E-state index contributed by atoms with van der Waals surface area (Å²) in [6.07, 6.45) is 1.78. The van der Waals surface area contributed by atoms with E-state index in [1.54, 1.807) is 6.20 Å². The van der Waals surface area contributed by atoms with Gasteiger partial charge in [-0.2, -0.15) is 4.98 Å². The van der Waals surface area contributed by atoms with Gasteiger partial charge in [0.15, 0.2) is 0 Å². The fourth-order valence-electron chi connectivity index (χ4n) is 3.94. The average Bonchev–Trinajstić information content (AvgIpc) is 3.17. The van der Waals surface area contributed by atoms with Crippen LogP contribution in [0.15, 0.2) is 36.5 Å². The Hall–Kier alpha value is -2.87. The number of benzene rings is 1. The van der Waals surface area contributed by atoms with Crippen LogP contribution < -0.4 is 14.7 Å². The van der Waals surface area contributed by atoms with Crippen LogP contribution in [0.3, 0.4) is 0 Å². The Labute approximate surface area is 171 Å². The van der Waals surface area contributed by atoms with E-state index in [-0.39, 0.29) is 18.1 Å². The Kier molecular flexibility index (Phi) is 5.27. The zero-order chi connectivity index (χ0) is 20.5. The Morgan fingerprint density at radius 3 is 2.52 bits per heavy atom. The molecule has 0 radical (unpaired) electrons. The number of rotatable bonds is 4. The summed E-state index contributed by atoms with van der Waals surface area (Å²) in [7, 11) is 7.84. The van der Waals surface area contributed by atoms with Crippen molar-refractivity contribution in [3.8, 4) is 0 Å². The lowest BCUT2D eigenvalue weighted by molar-refractivity contribution is 0.0299. The van der Waals surface area contributed by atoms with E-state index in [1.807, 2.05) is 73.2 Å². The molecule has 0 N–H and O–H groups in total. The van der Waals surface area contributed by atoms with Gasteiger partial charge in [-0.05, 0) is 30.3 Å². The number of carbonyl (C=O) groups excluding carboxylic acids is 1. The smallest absolute Gasteiger partial charge is 0.254 e. The van der Waals surface area contributed by atoms with Crippen molar-refractivity contribution >= 4 is 23.4 Å². The number of carbonyl (C=O) groups is 1. The van der Waals surface area contributed by atoms with Gasteiger partial charge in [0.25, 0.3) is 5.91 Å². The molecule has 0 spiro atoms. The SMILES string of the molecule is CN(C)c1ccc(C(=O)N2C[C@H]3OCCN(c4ccnc(N(C)C)n4)[C@H]3C2)cc1. The first-order chi connectivity index (χ1) is 13.9. The van der Waals surface area contributed by atoms with Crippen LogP contribution in [0.25, 0.3) is 0 Å². The summed E-state index contributed by atoms with van der Waals surface area (Å²) in [4.78, 5) is 30.1. The number of aromatic nitrogens is 2. The van der Waals surface area contributed by atoms with E-state index in [9.17, 15) is 4.79 Å². The lowest BCUT2D eigenvalue weighted by atomic mass is 10.1. The molecule has 2 saturated heterocycles.